The van der Waals surface area contributed by atoms with Gasteiger partial charge in [-0.1, -0.05) is 0 Å². The summed E-state index contributed by atoms with van der Waals surface area (Å²) in [6.45, 7) is 10.9. The standard InChI is InChI=1S/C18H19N7/c1-12-8-16(21-9-15(12)19-2)24(3)13-5-7-25(10-13)18-14-4-6-20-17(14)22-11-23-18/h4,6,8-9,11,13H,5,7,10H2,1,3H3,(H,20,22,23)/t13-/m1/s1. The SMILES string of the molecule is [C-]#[N+]c1cnc(N(C)[C@@H]2CCN(c3ncnc4[nH]ccc34)C2)cc1C. The van der Waals surface area contributed by atoms with Gasteiger partial charge in [0.1, 0.15) is 23.6 Å². The largest absolute Gasteiger partial charge is 0.355 e. The summed E-state index contributed by atoms with van der Waals surface area (Å²) in [5.74, 6) is 1.89. The molecule has 3 aromatic rings. The number of nitrogens with one attached hydrogen (secondary N) is 1. The summed E-state index contributed by atoms with van der Waals surface area (Å²) >= 11 is 0. The lowest BCUT2D eigenvalue weighted by Gasteiger charge is -2.26. The van der Waals surface area contributed by atoms with E-state index in [-0.39, 0.29) is 0 Å². The van der Waals surface area contributed by atoms with Gasteiger partial charge in [-0.15, -0.1) is 0 Å². The van der Waals surface area contributed by atoms with Crippen LogP contribution in [0.25, 0.3) is 15.9 Å². The minimum absolute atomic E-state index is 0.356. The minimum atomic E-state index is 0.356. The molecule has 1 aliphatic rings. The minimum Gasteiger partial charge on any atom is -0.355 e. The van der Waals surface area contributed by atoms with Crippen molar-refractivity contribution < 1.29 is 0 Å². The molecule has 126 valence electrons. The maximum Gasteiger partial charge on any atom is 0.208 e. The van der Waals surface area contributed by atoms with Gasteiger partial charge in [0.05, 0.1) is 12.0 Å². The van der Waals surface area contributed by atoms with Crippen LogP contribution in [-0.2, 0) is 0 Å². The molecule has 7 nitrogen and oxygen atoms in total. The van der Waals surface area contributed by atoms with E-state index in [1.165, 1.54) is 0 Å². The summed E-state index contributed by atoms with van der Waals surface area (Å²) in [7, 11) is 2.07. The molecule has 1 saturated heterocycles. The Balaban J connectivity index is 1.55. The van der Waals surface area contributed by atoms with Crippen molar-refractivity contribution in [2.45, 2.75) is 19.4 Å². The number of aromatic nitrogens is 4. The second kappa shape index (κ2) is 6.06. The summed E-state index contributed by atoms with van der Waals surface area (Å²) in [6, 6.07) is 4.37. The van der Waals surface area contributed by atoms with Gasteiger partial charge in [-0.3, -0.25) is 4.98 Å². The van der Waals surface area contributed by atoms with Crippen LogP contribution in [0.3, 0.4) is 0 Å². The molecule has 0 aromatic carbocycles. The Morgan fingerprint density at radius 1 is 1.36 bits per heavy atom. The Morgan fingerprint density at radius 2 is 2.24 bits per heavy atom. The molecule has 0 amide bonds. The molecule has 1 N–H and O–H groups in total. The number of hydrogen-bond acceptors (Lipinski definition) is 5. The molecular formula is C18H19N7. The highest BCUT2D eigenvalue weighted by molar-refractivity contribution is 5.87. The number of rotatable bonds is 3. The number of fused-ring (bicyclic) bond motifs is 1. The van der Waals surface area contributed by atoms with Gasteiger partial charge in [0, 0.05) is 38.6 Å². The first-order valence-electron chi connectivity index (χ1n) is 8.27. The van der Waals surface area contributed by atoms with Crippen molar-refractivity contribution in [3.05, 3.63) is 47.8 Å². The third-order valence-corrected chi connectivity index (χ3v) is 4.89. The van der Waals surface area contributed by atoms with Crippen LogP contribution in [0, 0.1) is 13.5 Å². The lowest BCUT2D eigenvalue weighted by Crippen LogP contribution is -2.35. The molecule has 0 spiro atoms. The highest BCUT2D eigenvalue weighted by atomic mass is 15.3. The Morgan fingerprint density at radius 3 is 3.04 bits per heavy atom. The Hall–Kier alpha value is -3.14. The normalized spacial score (nSPS) is 17.0. The summed E-state index contributed by atoms with van der Waals surface area (Å²) < 4.78 is 0. The van der Waals surface area contributed by atoms with E-state index in [1.807, 2.05) is 25.3 Å². The van der Waals surface area contributed by atoms with Crippen molar-refractivity contribution in [2.24, 2.45) is 0 Å². The van der Waals surface area contributed by atoms with E-state index >= 15 is 0 Å². The third-order valence-electron chi connectivity index (χ3n) is 4.89. The van der Waals surface area contributed by atoms with E-state index in [0.29, 0.717) is 11.7 Å². The molecule has 3 aromatic heterocycles. The summed E-state index contributed by atoms with van der Waals surface area (Å²) in [6.07, 6.45) is 6.21. The van der Waals surface area contributed by atoms with Crippen LogP contribution in [-0.4, -0.2) is 46.1 Å². The molecule has 1 atom stereocenters. The molecule has 7 heteroatoms. The Labute approximate surface area is 146 Å². The second-order valence-electron chi connectivity index (χ2n) is 6.38. The molecule has 25 heavy (non-hydrogen) atoms. The van der Waals surface area contributed by atoms with Crippen molar-refractivity contribution in [1.82, 2.24) is 19.9 Å². The fourth-order valence-electron chi connectivity index (χ4n) is 3.39. The van der Waals surface area contributed by atoms with Gasteiger partial charge in [0.25, 0.3) is 0 Å². The molecule has 0 bridgehead atoms. The average molecular weight is 333 g/mol. The smallest absolute Gasteiger partial charge is 0.208 e. The molecular weight excluding hydrogens is 314 g/mol. The summed E-state index contributed by atoms with van der Waals surface area (Å²) in [5.41, 5.74) is 2.45. The molecule has 1 fully saturated rings. The van der Waals surface area contributed by atoms with Crippen LogP contribution in [0.1, 0.15) is 12.0 Å². The predicted molar refractivity (Wildman–Crippen MR) is 98.1 cm³/mol. The van der Waals surface area contributed by atoms with Gasteiger partial charge in [-0.05, 0) is 31.0 Å². The molecule has 4 rings (SSSR count). The number of likely N-dealkylation sites (N-methyl/N-ethyl adjacent to an activating group) is 1. The zero-order chi connectivity index (χ0) is 17.4. The highest BCUT2D eigenvalue weighted by Gasteiger charge is 2.28. The first kappa shape index (κ1) is 15.4. The summed E-state index contributed by atoms with van der Waals surface area (Å²) in [5, 5.41) is 1.06. The lowest BCUT2D eigenvalue weighted by molar-refractivity contribution is 0.684. The summed E-state index contributed by atoms with van der Waals surface area (Å²) in [4.78, 5) is 24.3. The van der Waals surface area contributed by atoms with Crippen LogP contribution in [0.4, 0.5) is 17.3 Å². The maximum absolute atomic E-state index is 7.15. The van der Waals surface area contributed by atoms with Gasteiger partial charge < -0.3 is 14.8 Å². The van der Waals surface area contributed by atoms with Crippen molar-refractivity contribution in [3.63, 3.8) is 0 Å². The average Bonchev–Trinajstić information content (AvgIpc) is 3.30. The van der Waals surface area contributed by atoms with Gasteiger partial charge in [-0.25, -0.2) is 14.8 Å². The maximum atomic E-state index is 7.15. The monoisotopic (exact) mass is 333 g/mol. The fourth-order valence-corrected chi connectivity index (χ4v) is 3.39. The molecule has 0 aliphatic carbocycles. The third kappa shape index (κ3) is 2.66. The molecule has 4 heterocycles. The van der Waals surface area contributed by atoms with E-state index in [0.717, 1.165) is 47.7 Å². The quantitative estimate of drug-likeness (QED) is 0.747. The predicted octanol–water partition coefficient (Wildman–Crippen LogP) is 2.93. The van der Waals surface area contributed by atoms with E-state index in [2.05, 4.69) is 41.6 Å². The number of pyridine rings is 1. The number of hydrogen-bond donors (Lipinski definition) is 1. The van der Waals surface area contributed by atoms with Crippen molar-refractivity contribution >= 4 is 28.4 Å². The number of anilines is 2. The van der Waals surface area contributed by atoms with E-state index in [1.54, 1.807) is 12.5 Å². The van der Waals surface area contributed by atoms with Crippen LogP contribution in [0.15, 0.2) is 30.9 Å². The van der Waals surface area contributed by atoms with E-state index in [9.17, 15) is 0 Å². The molecule has 0 saturated carbocycles. The van der Waals surface area contributed by atoms with Crippen LogP contribution in [0.2, 0.25) is 0 Å². The van der Waals surface area contributed by atoms with Crippen molar-refractivity contribution in [1.29, 1.82) is 0 Å². The first-order chi connectivity index (χ1) is 12.2. The van der Waals surface area contributed by atoms with E-state index < -0.39 is 0 Å². The van der Waals surface area contributed by atoms with Gasteiger partial charge in [0.15, 0.2) is 0 Å². The number of nitrogens with zero attached hydrogens (tertiary/aromatic N) is 6. The van der Waals surface area contributed by atoms with Crippen LogP contribution >= 0.6 is 0 Å². The van der Waals surface area contributed by atoms with E-state index in [4.69, 9.17) is 6.57 Å². The zero-order valence-corrected chi connectivity index (χ0v) is 14.3. The van der Waals surface area contributed by atoms with Crippen LogP contribution in [0.5, 0.6) is 0 Å². The fraction of sp³-hybridized carbons (Fsp3) is 0.333. The highest BCUT2D eigenvalue weighted by Crippen LogP contribution is 2.29. The van der Waals surface area contributed by atoms with Gasteiger partial charge in [-0.2, -0.15) is 0 Å². The Kier molecular flexibility index (Phi) is 3.73. The molecule has 0 radical (unpaired) electrons. The number of aromatic amines is 1. The topological polar surface area (TPSA) is 65.3 Å². The lowest BCUT2D eigenvalue weighted by atomic mass is 10.2. The second-order valence-corrected chi connectivity index (χ2v) is 6.38. The zero-order valence-electron chi connectivity index (χ0n) is 14.3. The first-order valence-corrected chi connectivity index (χ1v) is 8.27. The molecule has 0 unspecified atom stereocenters. The Bertz CT molecular complexity index is 955. The molecule has 1 aliphatic heterocycles. The number of aryl methyl sites for hydroxylation is 1. The van der Waals surface area contributed by atoms with Gasteiger partial charge in [0.2, 0.25) is 5.69 Å². The van der Waals surface area contributed by atoms with Gasteiger partial charge >= 0.3 is 0 Å². The van der Waals surface area contributed by atoms with Crippen molar-refractivity contribution in [2.75, 3.05) is 29.9 Å². The van der Waals surface area contributed by atoms with Crippen molar-refractivity contribution in [3.8, 4) is 0 Å². The van der Waals surface area contributed by atoms with Crippen LogP contribution < -0.4 is 9.80 Å². The number of H-pyrrole nitrogens is 1.